The van der Waals surface area contributed by atoms with Crippen LogP contribution in [0.15, 0.2) is 0 Å². The number of fused-ring (bicyclic) bond motifs is 1. The number of hydrogen-bond acceptors (Lipinski definition) is 3. The Bertz CT molecular complexity index is 299. The lowest BCUT2D eigenvalue weighted by Crippen LogP contribution is -1.99. The van der Waals surface area contributed by atoms with Gasteiger partial charge in [0.2, 0.25) is 0 Å². The van der Waals surface area contributed by atoms with Crippen LogP contribution in [0.5, 0.6) is 5.75 Å². The molecule has 0 unspecified atom stereocenters. The van der Waals surface area contributed by atoms with Crippen LogP contribution in [0.25, 0.3) is 0 Å². The molecule has 0 bridgehead atoms. The molecule has 1 aromatic rings. The smallest absolute Gasteiger partial charge is 0.194 e. The topological polar surface area (TPSA) is 35.0 Å². The molecule has 2 rings (SSSR count). The largest absolute Gasteiger partial charge is 0.490 e. The summed E-state index contributed by atoms with van der Waals surface area (Å²) >= 11 is 11.7. The van der Waals surface area contributed by atoms with Crippen molar-refractivity contribution in [3.05, 3.63) is 15.9 Å². The summed E-state index contributed by atoms with van der Waals surface area (Å²) in [6.45, 7) is 0.675. The van der Waals surface area contributed by atoms with Crippen LogP contribution in [-0.2, 0) is 6.42 Å². The number of ether oxygens (including phenoxy) is 1. The van der Waals surface area contributed by atoms with Gasteiger partial charge in [0, 0.05) is 5.56 Å². The van der Waals surface area contributed by atoms with Crippen molar-refractivity contribution in [1.29, 1.82) is 0 Å². The number of halogens is 2. The second-order valence-electron chi connectivity index (χ2n) is 2.89. The van der Waals surface area contributed by atoms with Gasteiger partial charge in [-0.05, 0) is 19.3 Å². The van der Waals surface area contributed by atoms with Gasteiger partial charge in [0.25, 0.3) is 0 Å². The van der Waals surface area contributed by atoms with Crippen molar-refractivity contribution in [1.82, 2.24) is 10.2 Å². The van der Waals surface area contributed by atoms with Crippen molar-refractivity contribution < 1.29 is 4.74 Å². The summed E-state index contributed by atoms with van der Waals surface area (Å²) in [5.74, 6) is 0.610. The van der Waals surface area contributed by atoms with E-state index in [1.165, 1.54) is 0 Å². The summed E-state index contributed by atoms with van der Waals surface area (Å²) in [7, 11) is 0. The average Bonchev–Trinajstić information content (AvgIpc) is 2.37. The van der Waals surface area contributed by atoms with E-state index in [-0.39, 0.29) is 0 Å². The highest BCUT2D eigenvalue weighted by atomic mass is 35.5. The molecule has 0 aromatic carbocycles. The first-order valence-corrected chi connectivity index (χ1v) is 4.88. The Labute approximate surface area is 86.0 Å². The second kappa shape index (κ2) is 3.68. The van der Waals surface area contributed by atoms with E-state index in [1.54, 1.807) is 0 Å². The molecule has 70 valence electrons. The van der Waals surface area contributed by atoms with Crippen LogP contribution >= 0.6 is 23.2 Å². The van der Waals surface area contributed by atoms with E-state index in [0.717, 1.165) is 24.8 Å². The third kappa shape index (κ3) is 1.71. The minimum absolute atomic E-state index is 0.307. The van der Waals surface area contributed by atoms with Crippen LogP contribution in [0.4, 0.5) is 0 Å². The highest BCUT2D eigenvalue weighted by molar-refractivity contribution is 6.33. The number of aromatic nitrogens is 2. The Morgan fingerprint density at radius 1 is 1.08 bits per heavy atom. The predicted octanol–water partition coefficient (Wildman–Crippen LogP) is 2.50. The molecule has 2 heterocycles. The lowest BCUT2D eigenvalue weighted by Gasteiger charge is -2.07. The van der Waals surface area contributed by atoms with Gasteiger partial charge in [0.05, 0.1) is 6.61 Å². The molecule has 1 aliphatic rings. The molecule has 0 amide bonds. The van der Waals surface area contributed by atoms with E-state index in [2.05, 4.69) is 10.2 Å². The zero-order valence-corrected chi connectivity index (χ0v) is 8.40. The molecule has 3 nitrogen and oxygen atoms in total. The van der Waals surface area contributed by atoms with Gasteiger partial charge in [-0.3, -0.25) is 0 Å². The fourth-order valence-corrected chi connectivity index (χ4v) is 1.78. The normalized spacial score (nSPS) is 15.8. The summed E-state index contributed by atoms with van der Waals surface area (Å²) in [6, 6.07) is 0. The molecule has 0 aliphatic carbocycles. The van der Waals surface area contributed by atoms with Crippen LogP contribution in [0.2, 0.25) is 10.3 Å². The van der Waals surface area contributed by atoms with Crippen LogP contribution in [0, 0.1) is 0 Å². The molecular weight excluding hydrogens is 211 g/mol. The van der Waals surface area contributed by atoms with Crippen LogP contribution in [0.1, 0.15) is 18.4 Å². The van der Waals surface area contributed by atoms with Gasteiger partial charge >= 0.3 is 0 Å². The van der Waals surface area contributed by atoms with Crippen molar-refractivity contribution in [2.24, 2.45) is 0 Å². The lowest BCUT2D eigenvalue weighted by molar-refractivity contribution is 0.315. The third-order valence-corrected chi connectivity index (χ3v) is 2.55. The van der Waals surface area contributed by atoms with Gasteiger partial charge in [-0.1, -0.05) is 23.2 Å². The molecule has 0 N–H and O–H groups in total. The third-order valence-electron chi connectivity index (χ3n) is 2.00. The maximum absolute atomic E-state index is 5.87. The highest BCUT2D eigenvalue weighted by Gasteiger charge is 2.17. The Morgan fingerprint density at radius 2 is 1.85 bits per heavy atom. The first kappa shape index (κ1) is 9.03. The summed E-state index contributed by atoms with van der Waals surface area (Å²) in [4.78, 5) is 0. The molecule has 1 aliphatic heterocycles. The summed E-state index contributed by atoms with van der Waals surface area (Å²) in [6.07, 6.45) is 2.93. The van der Waals surface area contributed by atoms with Gasteiger partial charge in [-0.25, -0.2) is 0 Å². The molecule has 5 heteroatoms. The fraction of sp³-hybridized carbons (Fsp3) is 0.500. The standard InChI is InChI=1S/C8H8Cl2N2O/c9-7-5-3-1-2-4-13-6(5)8(10)12-11-7/h1-4H2. The van der Waals surface area contributed by atoms with Gasteiger partial charge in [-0.15, -0.1) is 10.2 Å². The monoisotopic (exact) mass is 218 g/mol. The number of nitrogens with zero attached hydrogens (tertiary/aromatic N) is 2. The Morgan fingerprint density at radius 3 is 2.69 bits per heavy atom. The van der Waals surface area contributed by atoms with Crippen LogP contribution in [-0.4, -0.2) is 16.8 Å². The summed E-state index contributed by atoms with van der Waals surface area (Å²) < 4.78 is 5.44. The van der Waals surface area contributed by atoms with Crippen molar-refractivity contribution in [3.63, 3.8) is 0 Å². The highest BCUT2D eigenvalue weighted by Crippen LogP contribution is 2.33. The van der Waals surface area contributed by atoms with E-state index < -0.39 is 0 Å². The van der Waals surface area contributed by atoms with E-state index in [1.807, 2.05) is 0 Å². The van der Waals surface area contributed by atoms with E-state index in [9.17, 15) is 0 Å². The Hall–Kier alpha value is -0.540. The SMILES string of the molecule is Clc1nnc(Cl)c2c1CCCCO2. The molecule has 0 atom stereocenters. The van der Waals surface area contributed by atoms with Crippen LogP contribution in [0.3, 0.4) is 0 Å². The Balaban J connectivity index is 2.50. The van der Waals surface area contributed by atoms with Gasteiger partial charge < -0.3 is 4.74 Å². The first-order chi connectivity index (χ1) is 6.29. The van der Waals surface area contributed by atoms with Crippen molar-refractivity contribution in [2.45, 2.75) is 19.3 Å². The number of rotatable bonds is 0. The predicted molar refractivity (Wildman–Crippen MR) is 50.5 cm³/mol. The van der Waals surface area contributed by atoms with Gasteiger partial charge in [-0.2, -0.15) is 0 Å². The fourth-order valence-electron chi connectivity index (χ4n) is 1.35. The molecule has 0 fully saturated rings. The van der Waals surface area contributed by atoms with Crippen molar-refractivity contribution in [2.75, 3.05) is 6.61 Å². The molecule has 0 saturated carbocycles. The second-order valence-corrected chi connectivity index (χ2v) is 3.61. The van der Waals surface area contributed by atoms with Crippen molar-refractivity contribution >= 4 is 23.2 Å². The van der Waals surface area contributed by atoms with E-state index in [0.29, 0.717) is 22.7 Å². The minimum Gasteiger partial charge on any atom is -0.490 e. The molecular formula is C8H8Cl2N2O. The van der Waals surface area contributed by atoms with Crippen molar-refractivity contribution in [3.8, 4) is 5.75 Å². The summed E-state index contributed by atoms with van der Waals surface area (Å²) in [5, 5.41) is 8.14. The maximum Gasteiger partial charge on any atom is 0.194 e. The van der Waals surface area contributed by atoms with Gasteiger partial charge in [0.15, 0.2) is 16.1 Å². The molecule has 0 radical (unpaired) electrons. The molecule has 1 aromatic heterocycles. The number of hydrogen-bond donors (Lipinski definition) is 0. The first-order valence-electron chi connectivity index (χ1n) is 4.12. The van der Waals surface area contributed by atoms with Gasteiger partial charge in [0.1, 0.15) is 0 Å². The quantitative estimate of drug-likeness (QED) is 0.672. The lowest BCUT2D eigenvalue weighted by atomic mass is 10.1. The minimum atomic E-state index is 0.307. The van der Waals surface area contributed by atoms with E-state index in [4.69, 9.17) is 27.9 Å². The zero-order valence-electron chi connectivity index (χ0n) is 6.89. The maximum atomic E-state index is 5.87. The molecule has 0 saturated heterocycles. The average molecular weight is 219 g/mol. The molecule has 0 spiro atoms. The zero-order chi connectivity index (χ0) is 9.26. The molecule has 13 heavy (non-hydrogen) atoms. The van der Waals surface area contributed by atoms with E-state index >= 15 is 0 Å². The summed E-state index contributed by atoms with van der Waals surface area (Å²) in [5.41, 5.74) is 0.888. The van der Waals surface area contributed by atoms with Crippen LogP contribution < -0.4 is 4.74 Å². The Kier molecular flexibility index (Phi) is 2.56.